The Balaban J connectivity index is 1.74. The highest BCUT2D eigenvalue weighted by Crippen LogP contribution is 2.27. The largest absolute Gasteiger partial charge is 0.264 e. The van der Waals surface area contributed by atoms with Gasteiger partial charge in [-0.2, -0.15) is 14.7 Å². The van der Waals surface area contributed by atoms with Crippen molar-refractivity contribution in [1.29, 1.82) is 0 Å². The lowest BCUT2D eigenvalue weighted by Crippen LogP contribution is -1.98. The summed E-state index contributed by atoms with van der Waals surface area (Å²) in [5, 5.41) is 18.3. The average Bonchev–Trinajstić information content (AvgIpc) is 3.22. The number of rotatable bonds is 3. The van der Waals surface area contributed by atoms with Gasteiger partial charge in [0.05, 0.1) is 11.2 Å². The van der Waals surface area contributed by atoms with Crippen LogP contribution in [-0.4, -0.2) is 34.6 Å². The van der Waals surface area contributed by atoms with Gasteiger partial charge in [-0.15, -0.1) is 10.2 Å². The van der Waals surface area contributed by atoms with E-state index in [1.807, 2.05) is 24.3 Å². The minimum Gasteiger partial charge on any atom is -0.264 e. The highest BCUT2D eigenvalue weighted by Gasteiger charge is 2.18. The van der Waals surface area contributed by atoms with Gasteiger partial charge >= 0.3 is 0 Å². The molecule has 0 aliphatic heterocycles. The summed E-state index contributed by atoms with van der Waals surface area (Å²) >= 11 is 7.62. The van der Waals surface area contributed by atoms with Crippen LogP contribution in [-0.2, 0) is 7.05 Å². The molecular weight excluding hydrogens is 334 g/mol. The normalized spacial score (nSPS) is 11.7. The van der Waals surface area contributed by atoms with Gasteiger partial charge in [0, 0.05) is 19.4 Å². The van der Waals surface area contributed by atoms with Crippen molar-refractivity contribution in [1.82, 2.24) is 34.6 Å². The Kier molecular flexibility index (Phi) is 3.40. The molecule has 0 aliphatic rings. The zero-order valence-corrected chi connectivity index (χ0v) is 13.5. The van der Waals surface area contributed by atoms with Gasteiger partial charge in [-0.25, -0.2) is 0 Å². The van der Waals surface area contributed by atoms with E-state index < -0.39 is 0 Å². The molecule has 4 heterocycles. The van der Waals surface area contributed by atoms with Gasteiger partial charge in [-0.1, -0.05) is 35.1 Å². The lowest BCUT2D eigenvalue weighted by molar-refractivity contribution is 0.764. The molecule has 0 saturated carbocycles. The Morgan fingerprint density at radius 1 is 1.22 bits per heavy atom. The first-order valence-electron chi connectivity index (χ1n) is 6.70. The molecule has 0 aliphatic carbocycles. The number of aryl methyl sites for hydroxylation is 1. The molecule has 0 atom stereocenters. The summed E-state index contributed by atoms with van der Waals surface area (Å²) in [4.78, 5) is 4.77. The molecule has 9 heteroatoms. The van der Waals surface area contributed by atoms with Crippen LogP contribution in [0.2, 0.25) is 5.02 Å². The molecule has 0 saturated heterocycles. The van der Waals surface area contributed by atoms with Crippen LogP contribution < -0.4 is 0 Å². The second-order valence-corrected chi connectivity index (χ2v) is 6.14. The van der Waals surface area contributed by atoms with E-state index in [-0.39, 0.29) is 0 Å². The molecule has 23 heavy (non-hydrogen) atoms. The predicted octanol–water partition coefficient (Wildman–Crippen LogP) is 2.81. The Bertz CT molecular complexity index is 979. The van der Waals surface area contributed by atoms with E-state index >= 15 is 0 Å². The van der Waals surface area contributed by atoms with E-state index in [9.17, 15) is 0 Å². The summed E-state index contributed by atoms with van der Waals surface area (Å²) in [5.41, 5.74) is 1.70. The number of fused-ring (bicyclic) bond motifs is 1. The molecule has 4 rings (SSSR count). The molecule has 0 radical (unpaired) electrons. The SMILES string of the molecule is Cn1ncc(Cl)c1-c1nnc2sc(/C=C/c3cccnc3)nn12. The third kappa shape index (κ3) is 2.51. The summed E-state index contributed by atoms with van der Waals surface area (Å²) in [6.07, 6.45) is 8.98. The van der Waals surface area contributed by atoms with Crippen LogP contribution in [0.25, 0.3) is 28.6 Å². The van der Waals surface area contributed by atoms with Crippen molar-refractivity contribution in [2.24, 2.45) is 7.05 Å². The number of nitrogens with zero attached hydrogens (tertiary/aromatic N) is 7. The predicted molar refractivity (Wildman–Crippen MR) is 89.0 cm³/mol. The van der Waals surface area contributed by atoms with Crippen LogP contribution in [0, 0.1) is 0 Å². The fourth-order valence-corrected chi connectivity index (χ4v) is 3.14. The standard InChI is InChI=1S/C14H10ClN7S/c1-21-12(10(15)8-17-21)13-18-19-14-22(13)20-11(23-14)5-4-9-3-2-6-16-7-9/h2-8H,1H3/b5-4+. The molecule has 0 amide bonds. The lowest BCUT2D eigenvalue weighted by Gasteiger charge is -1.98. The van der Waals surface area contributed by atoms with E-state index in [1.165, 1.54) is 11.3 Å². The third-order valence-electron chi connectivity index (χ3n) is 3.22. The Labute approximate surface area is 139 Å². The first-order chi connectivity index (χ1) is 11.2. The van der Waals surface area contributed by atoms with Crippen LogP contribution in [0.15, 0.2) is 30.7 Å². The Hall–Kier alpha value is -2.58. The summed E-state index contributed by atoms with van der Waals surface area (Å²) < 4.78 is 3.33. The monoisotopic (exact) mass is 343 g/mol. The lowest BCUT2D eigenvalue weighted by atomic mass is 10.3. The van der Waals surface area contributed by atoms with Crippen LogP contribution >= 0.6 is 22.9 Å². The van der Waals surface area contributed by atoms with E-state index in [1.54, 1.807) is 34.8 Å². The molecular formula is C14H10ClN7S. The second kappa shape index (κ2) is 5.56. The van der Waals surface area contributed by atoms with Gasteiger partial charge in [-0.05, 0) is 17.7 Å². The quantitative estimate of drug-likeness (QED) is 0.572. The molecule has 4 aromatic rings. The van der Waals surface area contributed by atoms with E-state index in [2.05, 4.69) is 25.4 Å². The van der Waals surface area contributed by atoms with E-state index in [4.69, 9.17) is 11.6 Å². The van der Waals surface area contributed by atoms with Crippen molar-refractivity contribution in [3.8, 4) is 11.5 Å². The second-order valence-electron chi connectivity index (χ2n) is 4.74. The fourth-order valence-electron chi connectivity index (χ4n) is 2.15. The molecule has 7 nitrogen and oxygen atoms in total. The van der Waals surface area contributed by atoms with Crippen molar-refractivity contribution >= 4 is 40.1 Å². The highest BCUT2D eigenvalue weighted by molar-refractivity contribution is 7.17. The summed E-state index contributed by atoms with van der Waals surface area (Å²) in [6, 6.07) is 3.87. The minimum absolute atomic E-state index is 0.516. The molecule has 0 aromatic carbocycles. The smallest absolute Gasteiger partial charge is 0.235 e. The fraction of sp³-hybridized carbons (Fsp3) is 0.0714. The van der Waals surface area contributed by atoms with Gasteiger partial charge < -0.3 is 0 Å². The molecule has 0 fully saturated rings. The van der Waals surface area contributed by atoms with Crippen molar-refractivity contribution in [2.45, 2.75) is 0 Å². The maximum absolute atomic E-state index is 6.18. The van der Waals surface area contributed by atoms with Gasteiger partial charge in [0.25, 0.3) is 0 Å². The Morgan fingerprint density at radius 2 is 2.13 bits per heavy atom. The summed E-state index contributed by atoms with van der Waals surface area (Å²) in [7, 11) is 1.80. The summed E-state index contributed by atoms with van der Waals surface area (Å²) in [5.74, 6) is 0.572. The van der Waals surface area contributed by atoms with E-state index in [0.717, 1.165) is 10.6 Å². The molecule has 0 bridgehead atoms. The van der Waals surface area contributed by atoms with Gasteiger partial charge in [-0.3, -0.25) is 9.67 Å². The van der Waals surface area contributed by atoms with Gasteiger partial charge in [0.1, 0.15) is 10.7 Å². The molecule has 114 valence electrons. The zero-order chi connectivity index (χ0) is 15.8. The zero-order valence-electron chi connectivity index (χ0n) is 12.0. The van der Waals surface area contributed by atoms with Crippen LogP contribution in [0.4, 0.5) is 0 Å². The maximum atomic E-state index is 6.18. The Morgan fingerprint density at radius 3 is 2.87 bits per heavy atom. The number of hydrogen-bond acceptors (Lipinski definition) is 6. The van der Waals surface area contributed by atoms with Crippen LogP contribution in [0.3, 0.4) is 0 Å². The van der Waals surface area contributed by atoms with Crippen LogP contribution in [0.1, 0.15) is 10.6 Å². The number of aromatic nitrogens is 7. The van der Waals surface area contributed by atoms with Crippen molar-refractivity contribution < 1.29 is 0 Å². The maximum Gasteiger partial charge on any atom is 0.235 e. The van der Waals surface area contributed by atoms with Crippen molar-refractivity contribution in [3.05, 3.63) is 46.3 Å². The minimum atomic E-state index is 0.516. The van der Waals surface area contributed by atoms with Crippen molar-refractivity contribution in [3.63, 3.8) is 0 Å². The number of halogens is 1. The van der Waals surface area contributed by atoms with Gasteiger partial charge in [0.15, 0.2) is 0 Å². The number of pyridine rings is 1. The van der Waals surface area contributed by atoms with Gasteiger partial charge in [0.2, 0.25) is 10.8 Å². The summed E-state index contributed by atoms with van der Waals surface area (Å²) in [6.45, 7) is 0. The first kappa shape index (κ1) is 14.0. The topological polar surface area (TPSA) is 73.8 Å². The average molecular weight is 344 g/mol. The molecule has 4 aromatic heterocycles. The number of hydrogen-bond donors (Lipinski definition) is 0. The van der Waals surface area contributed by atoms with E-state index in [0.29, 0.717) is 21.5 Å². The van der Waals surface area contributed by atoms with Crippen LogP contribution in [0.5, 0.6) is 0 Å². The molecule has 0 unspecified atom stereocenters. The third-order valence-corrected chi connectivity index (χ3v) is 4.36. The molecule has 0 N–H and O–H groups in total. The first-order valence-corrected chi connectivity index (χ1v) is 7.90. The van der Waals surface area contributed by atoms with Crippen molar-refractivity contribution in [2.75, 3.05) is 0 Å². The highest BCUT2D eigenvalue weighted by atomic mass is 35.5. The molecule has 0 spiro atoms.